The summed E-state index contributed by atoms with van der Waals surface area (Å²) in [5, 5.41) is 20.9. The van der Waals surface area contributed by atoms with Crippen LogP contribution in [0.5, 0.6) is 0 Å². The SMILES string of the molecule is N#CC1CCCC1NCCSCCCO. The van der Waals surface area contributed by atoms with Gasteiger partial charge in [-0.05, 0) is 25.0 Å². The number of aliphatic hydroxyl groups is 1. The van der Waals surface area contributed by atoms with Crippen LogP contribution in [0, 0.1) is 17.2 Å². The Labute approximate surface area is 96.2 Å². The first-order valence-electron chi connectivity index (χ1n) is 5.70. The minimum absolute atomic E-state index is 0.229. The standard InChI is InChI=1S/C11H20N2OS/c12-9-10-3-1-4-11(10)13-5-8-15-7-2-6-14/h10-11,13-14H,1-8H2. The Morgan fingerprint density at radius 3 is 3.00 bits per heavy atom. The van der Waals surface area contributed by atoms with Crippen molar-refractivity contribution in [2.45, 2.75) is 31.7 Å². The van der Waals surface area contributed by atoms with Gasteiger partial charge >= 0.3 is 0 Å². The van der Waals surface area contributed by atoms with E-state index in [1.807, 2.05) is 11.8 Å². The molecule has 15 heavy (non-hydrogen) atoms. The van der Waals surface area contributed by atoms with E-state index < -0.39 is 0 Å². The van der Waals surface area contributed by atoms with Crippen molar-refractivity contribution in [1.29, 1.82) is 5.26 Å². The maximum absolute atomic E-state index is 8.89. The van der Waals surface area contributed by atoms with Gasteiger partial charge in [0.2, 0.25) is 0 Å². The van der Waals surface area contributed by atoms with Crippen molar-refractivity contribution in [3.05, 3.63) is 0 Å². The predicted octanol–water partition coefficient (Wildman–Crippen LogP) is 1.38. The number of thioether (sulfide) groups is 1. The Morgan fingerprint density at radius 2 is 2.27 bits per heavy atom. The third kappa shape index (κ3) is 4.87. The molecule has 3 nitrogen and oxygen atoms in total. The number of aliphatic hydroxyl groups excluding tert-OH is 1. The lowest BCUT2D eigenvalue weighted by atomic mass is 10.1. The third-order valence-electron chi connectivity index (χ3n) is 2.78. The molecule has 1 aliphatic rings. The molecule has 0 aliphatic heterocycles. The van der Waals surface area contributed by atoms with Gasteiger partial charge in [-0.1, -0.05) is 6.42 Å². The fourth-order valence-corrected chi connectivity index (χ4v) is 2.74. The minimum Gasteiger partial charge on any atom is -0.396 e. The van der Waals surface area contributed by atoms with Crippen LogP contribution in [0.15, 0.2) is 0 Å². The van der Waals surface area contributed by atoms with Crippen LogP contribution in [0.4, 0.5) is 0 Å². The lowest BCUT2D eigenvalue weighted by Crippen LogP contribution is -2.33. The quantitative estimate of drug-likeness (QED) is 0.646. The maximum atomic E-state index is 8.89. The molecule has 4 heteroatoms. The predicted molar refractivity (Wildman–Crippen MR) is 63.8 cm³/mol. The molecule has 2 N–H and O–H groups in total. The lowest BCUT2D eigenvalue weighted by molar-refractivity contribution is 0.296. The molecule has 0 heterocycles. The minimum atomic E-state index is 0.229. The zero-order valence-corrected chi connectivity index (χ0v) is 9.93. The highest BCUT2D eigenvalue weighted by Crippen LogP contribution is 2.24. The summed E-state index contributed by atoms with van der Waals surface area (Å²) in [6.07, 6.45) is 4.29. The summed E-state index contributed by atoms with van der Waals surface area (Å²) in [4.78, 5) is 0. The zero-order chi connectivity index (χ0) is 10.9. The van der Waals surface area contributed by atoms with E-state index in [0.29, 0.717) is 12.6 Å². The molecular formula is C11H20N2OS. The Kier molecular flexibility index (Phi) is 6.82. The fraction of sp³-hybridized carbons (Fsp3) is 0.909. The Morgan fingerprint density at radius 1 is 1.40 bits per heavy atom. The second-order valence-electron chi connectivity index (χ2n) is 3.92. The molecule has 1 aliphatic carbocycles. The molecule has 0 aromatic carbocycles. The van der Waals surface area contributed by atoms with Crippen molar-refractivity contribution >= 4 is 11.8 Å². The Hall–Kier alpha value is -0.240. The van der Waals surface area contributed by atoms with Crippen LogP contribution >= 0.6 is 11.8 Å². The number of hydrogen-bond acceptors (Lipinski definition) is 4. The number of nitriles is 1. The molecule has 2 unspecified atom stereocenters. The van der Waals surface area contributed by atoms with Gasteiger partial charge in [0.1, 0.15) is 0 Å². The molecule has 1 rings (SSSR count). The van der Waals surface area contributed by atoms with Gasteiger partial charge in [0.25, 0.3) is 0 Å². The molecule has 0 aromatic rings. The van der Waals surface area contributed by atoms with E-state index in [9.17, 15) is 0 Å². The van der Waals surface area contributed by atoms with Gasteiger partial charge in [-0.3, -0.25) is 0 Å². The van der Waals surface area contributed by atoms with Gasteiger partial charge in [0, 0.05) is 24.9 Å². The van der Waals surface area contributed by atoms with Gasteiger partial charge in [-0.2, -0.15) is 17.0 Å². The first-order chi connectivity index (χ1) is 7.38. The highest BCUT2D eigenvalue weighted by Gasteiger charge is 2.25. The number of hydrogen-bond donors (Lipinski definition) is 2. The van der Waals surface area contributed by atoms with Crippen LogP contribution < -0.4 is 5.32 Å². The van der Waals surface area contributed by atoms with Crippen LogP contribution in [-0.2, 0) is 0 Å². The highest BCUT2D eigenvalue weighted by atomic mass is 32.2. The van der Waals surface area contributed by atoms with Gasteiger partial charge in [-0.15, -0.1) is 0 Å². The monoisotopic (exact) mass is 228 g/mol. The molecule has 0 aromatic heterocycles. The third-order valence-corrected chi connectivity index (χ3v) is 3.85. The molecule has 0 amide bonds. The zero-order valence-electron chi connectivity index (χ0n) is 9.11. The normalized spacial score (nSPS) is 25.3. The summed E-state index contributed by atoms with van der Waals surface area (Å²) in [6.45, 7) is 1.28. The van der Waals surface area contributed by atoms with Gasteiger partial charge < -0.3 is 10.4 Å². The van der Waals surface area contributed by atoms with Gasteiger partial charge in [-0.25, -0.2) is 0 Å². The van der Waals surface area contributed by atoms with Crippen LogP contribution in [0.3, 0.4) is 0 Å². The Bertz CT molecular complexity index is 205. The molecule has 0 radical (unpaired) electrons. The van der Waals surface area contributed by atoms with E-state index in [1.165, 1.54) is 6.42 Å². The van der Waals surface area contributed by atoms with Crippen molar-refractivity contribution in [2.75, 3.05) is 24.7 Å². The number of rotatable bonds is 7. The molecular weight excluding hydrogens is 208 g/mol. The van der Waals surface area contributed by atoms with Crippen LogP contribution in [0.1, 0.15) is 25.7 Å². The van der Waals surface area contributed by atoms with E-state index in [0.717, 1.165) is 37.3 Å². The van der Waals surface area contributed by atoms with E-state index in [2.05, 4.69) is 11.4 Å². The summed E-state index contributed by atoms with van der Waals surface area (Å²) >= 11 is 1.86. The second kappa shape index (κ2) is 7.98. The summed E-state index contributed by atoms with van der Waals surface area (Å²) in [6, 6.07) is 2.80. The Balaban J connectivity index is 1.98. The highest BCUT2D eigenvalue weighted by molar-refractivity contribution is 7.99. The largest absolute Gasteiger partial charge is 0.396 e. The van der Waals surface area contributed by atoms with Crippen molar-refractivity contribution in [2.24, 2.45) is 5.92 Å². The summed E-state index contributed by atoms with van der Waals surface area (Å²) < 4.78 is 0. The molecule has 1 fully saturated rings. The van der Waals surface area contributed by atoms with E-state index in [1.54, 1.807) is 0 Å². The molecule has 2 atom stereocenters. The average molecular weight is 228 g/mol. The summed E-state index contributed by atoms with van der Waals surface area (Å²) in [5.41, 5.74) is 0. The lowest BCUT2D eigenvalue weighted by Gasteiger charge is -2.14. The molecule has 86 valence electrons. The number of nitrogens with zero attached hydrogens (tertiary/aromatic N) is 1. The molecule has 1 saturated carbocycles. The fourth-order valence-electron chi connectivity index (χ4n) is 1.94. The van der Waals surface area contributed by atoms with Crippen molar-refractivity contribution in [1.82, 2.24) is 5.32 Å². The summed E-state index contributed by atoms with van der Waals surface area (Å²) in [5.74, 6) is 2.34. The van der Waals surface area contributed by atoms with Crippen molar-refractivity contribution in [3.8, 4) is 6.07 Å². The van der Waals surface area contributed by atoms with Gasteiger partial charge in [0.05, 0.1) is 12.0 Å². The maximum Gasteiger partial charge on any atom is 0.0672 e. The van der Waals surface area contributed by atoms with Gasteiger partial charge in [0.15, 0.2) is 0 Å². The average Bonchev–Trinajstić information content (AvgIpc) is 2.70. The van der Waals surface area contributed by atoms with Crippen LogP contribution in [0.25, 0.3) is 0 Å². The smallest absolute Gasteiger partial charge is 0.0672 e. The topological polar surface area (TPSA) is 56.0 Å². The molecule has 0 bridgehead atoms. The first-order valence-corrected chi connectivity index (χ1v) is 6.85. The van der Waals surface area contributed by atoms with Crippen LogP contribution in [-0.4, -0.2) is 35.8 Å². The summed E-state index contributed by atoms with van der Waals surface area (Å²) in [7, 11) is 0. The molecule has 0 saturated heterocycles. The number of nitrogens with one attached hydrogen (secondary N) is 1. The van der Waals surface area contributed by atoms with Crippen LogP contribution in [0.2, 0.25) is 0 Å². The molecule has 0 spiro atoms. The van der Waals surface area contributed by atoms with Crippen molar-refractivity contribution < 1.29 is 5.11 Å². The van der Waals surface area contributed by atoms with E-state index in [-0.39, 0.29) is 5.92 Å². The van der Waals surface area contributed by atoms with E-state index in [4.69, 9.17) is 10.4 Å². The van der Waals surface area contributed by atoms with E-state index >= 15 is 0 Å². The second-order valence-corrected chi connectivity index (χ2v) is 5.14. The first kappa shape index (κ1) is 12.8. The van der Waals surface area contributed by atoms with Crippen molar-refractivity contribution in [3.63, 3.8) is 0 Å².